The molecule has 0 aliphatic heterocycles. The van der Waals surface area contributed by atoms with Crippen LogP contribution in [0.25, 0.3) is 11.1 Å². The summed E-state index contributed by atoms with van der Waals surface area (Å²) in [5.74, 6) is -0.853. The zero-order valence-corrected chi connectivity index (χ0v) is 25.0. The van der Waals surface area contributed by atoms with Crippen molar-refractivity contribution in [3.05, 3.63) is 125 Å². The third-order valence-electron chi connectivity index (χ3n) is 7.19. The summed E-state index contributed by atoms with van der Waals surface area (Å²) in [5.41, 5.74) is 6.61. The first-order chi connectivity index (χ1) is 20.3. The molecule has 0 unspecified atom stereocenters. The fraction of sp³-hybridized carbons (Fsp3) is 0.229. The minimum absolute atomic E-state index is 0.00858. The number of amides is 1. The highest BCUT2D eigenvalue weighted by Crippen LogP contribution is 2.31. The van der Waals surface area contributed by atoms with Gasteiger partial charge in [0.05, 0.1) is 0 Å². The lowest BCUT2D eigenvalue weighted by Gasteiger charge is -2.27. The molecular weight excluding hydrogens is 544 g/mol. The van der Waals surface area contributed by atoms with E-state index in [1.54, 1.807) is 24.8 Å². The molecule has 4 rings (SSSR count). The van der Waals surface area contributed by atoms with Gasteiger partial charge >= 0.3 is 5.97 Å². The van der Waals surface area contributed by atoms with Crippen molar-refractivity contribution in [2.24, 2.45) is 0 Å². The van der Waals surface area contributed by atoms with E-state index in [1.165, 1.54) is 0 Å². The molecule has 0 spiro atoms. The van der Waals surface area contributed by atoms with Crippen LogP contribution < -0.4 is 10.2 Å². The summed E-state index contributed by atoms with van der Waals surface area (Å²) < 4.78 is 0. The first-order valence-electron chi connectivity index (χ1n) is 13.9. The summed E-state index contributed by atoms with van der Waals surface area (Å²) in [5, 5.41) is 12.4. The number of hydrogen-bond donors (Lipinski definition) is 2. The van der Waals surface area contributed by atoms with Crippen molar-refractivity contribution < 1.29 is 19.5 Å². The van der Waals surface area contributed by atoms with Gasteiger partial charge in [-0.3, -0.25) is 9.59 Å². The Labute approximate surface area is 251 Å². The molecule has 7 heteroatoms. The quantitative estimate of drug-likeness (QED) is 0.166. The lowest BCUT2D eigenvalue weighted by atomic mass is 9.93. The predicted molar refractivity (Wildman–Crippen MR) is 171 cm³/mol. The third kappa shape index (κ3) is 7.68. The minimum atomic E-state index is -1.05. The second kappa shape index (κ2) is 14.5. The summed E-state index contributed by atoms with van der Waals surface area (Å²) >= 11 is 1.54. The van der Waals surface area contributed by atoms with Crippen molar-refractivity contribution in [1.29, 1.82) is 0 Å². The zero-order valence-electron chi connectivity index (χ0n) is 24.2. The van der Waals surface area contributed by atoms with Crippen molar-refractivity contribution in [2.75, 3.05) is 16.9 Å². The number of anilines is 1. The molecule has 1 atom stereocenters. The highest BCUT2D eigenvalue weighted by atomic mass is 32.2. The monoisotopic (exact) mass is 580 g/mol. The van der Waals surface area contributed by atoms with Gasteiger partial charge in [-0.1, -0.05) is 72.8 Å². The van der Waals surface area contributed by atoms with Gasteiger partial charge in [-0.05, 0) is 84.4 Å². The van der Waals surface area contributed by atoms with E-state index in [9.17, 15) is 19.5 Å². The van der Waals surface area contributed by atoms with Gasteiger partial charge in [0.25, 0.3) is 5.91 Å². The van der Waals surface area contributed by atoms with E-state index >= 15 is 0 Å². The Morgan fingerprint density at radius 1 is 0.810 bits per heavy atom. The van der Waals surface area contributed by atoms with Crippen LogP contribution in [0, 0.1) is 6.92 Å². The number of carboxylic acids is 1. The maximum absolute atomic E-state index is 13.5. The molecule has 4 aromatic rings. The molecule has 0 aliphatic rings. The SMILES string of the molecule is CSCC[C@H](NC(=O)c1ccc(CN(Cc2ccccc2)c2ccccc2C(C)=O)cc1-c1ccccc1C)C(=O)O. The van der Waals surface area contributed by atoms with E-state index in [4.69, 9.17) is 0 Å². The summed E-state index contributed by atoms with van der Waals surface area (Å²) in [6.45, 7) is 4.65. The Morgan fingerprint density at radius 2 is 1.48 bits per heavy atom. The van der Waals surface area contributed by atoms with Gasteiger partial charge in [0.1, 0.15) is 6.04 Å². The number of para-hydroxylation sites is 1. The van der Waals surface area contributed by atoms with Crippen LogP contribution in [0.1, 0.15) is 50.8 Å². The van der Waals surface area contributed by atoms with E-state index in [-0.39, 0.29) is 5.78 Å². The number of carbonyl (C=O) groups is 3. The van der Waals surface area contributed by atoms with Crippen LogP contribution in [-0.4, -0.2) is 40.8 Å². The Morgan fingerprint density at radius 3 is 2.17 bits per heavy atom. The van der Waals surface area contributed by atoms with Crippen LogP contribution in [0.3, 0.4) is 0 Å². The number of rotatable bonds is 13. The van der Waals surface area contributed by atoms with Crippen molar-refractivity contribution in [3.8, 4) is 11.1 Å². The maximum atomic E-state index is 13.5. The Kier molecular flexibility index (Phi) is 10.6. The molecule has 0 radical (unpaired) electrons. The molecule has 0 saturated carbocycles. The second-order valence-electron chi connectivity index (χ2n) is 10.3. The molecule has 0 fully saturated rings. The second-order valence-corrected chi connectivity index (χ2v) is 11.2. The summed E-state index contributed by atoms with van der Waals surface area (Å²) in [6.07, 6.45) is 2.25. The van der Waals surface area contributed by atoms with E-state index in [1.807, 2.05) is 92.0 Å². The van der Waals surface area contributed by atoms with Crippen molar-refractivity contribution >= 4 is 35.1 Å². The van der Waals surface area contributed by atoms with Gasteiger partial charge in [0, 0.05) is 29.9 Å². The lowest BCUT2D eigenvalue weighted by Crippen LogP contribution is -2.41. The number of hydrogen-bond acceptors (Lipinski definition) is 5. The Balaban J connectivity index is 1.76. The van der Waals surface area contributed by atoms with Crippen molar-refractivity contribution in [2.45, 2.75) is 39.4 Å². The molecule has 0 aromatic heterocycles. The van der Waals surface area contributed by atoms with E-state index in [0.717, 1.165) is 33.5 Å². The van der Waals surface area contributed by atoms with Gasteiger partial charge in [-0.15, -0.1) is 0 Å². The molecular formula is C35H36N2O4S. The normalized spacial score (nSPS) is 11.5. The number of ketones is 1. The molecule has 2 N–H and O–H groups in total. The molecule has 0 saturated heterocycles. The molecule has 42 heavy (non-hydrogen) atoms. The van der Waals surface area contributed by atoms with E-state index in [0.29, 0.717) is 36.4 Å². The predicted octanol–water partition coefficient (Wildman–Crippen LogP) is 7.01. The van der Waals surface area contributed by atoms with Gasteiger partial charge in [0.15, 0.2) is 5.78 Å². The van der Waals surface area contributed by atoms with Crippen LogP contribution in [0.4, 0.5) is 5.69 Å². The van der Waals surface area contributed by atoms with Crippen LogP contribution in [-0.2, 0) is 17.9 Å². The number of nitrogens with one attached hydrogen (secondary N) is 1. The minimum Gasteiger partial charge on any atom is -0.480 e. The number of nitrogens with zero attached hydrogens (tertiary/aromatic N) is 1. The van der Waals surface area contributed by atoms with Crippen LogP contribution in [0.2, 0.25) is 0 Å². The van der Waals surface area contributed by atoms with Gasteiger partial charge in [-0.2, -0.15) is 11.8 Å². The van der Waals surface area contributed by atoms with E-state index in [2.05, 4.69) is 22.3 Å². The number of aliphatic carboxylic acids is 1. The number of carbonyl (C=O) groups excluding carboxylic acids is 2. The third-order valence-corrected chi connectivity index (χ3v) is 7.84. The molecule has 216 valence electrons. The number of carboxylic acid groups (broad SMARTS) is 1. The largest absolute Gasteiger partial charge is 0.480 e. The first kappa shape index (κ1) is 30.6. The molecule has 4 aromatic carbocycles. The number of thioether (sulfide) groups is 1. The average Bonchev–Trinajstić information content (AvgIpc) is 2.99. The van der Waals surface area contributed by atoms with Gasteiger partial charge < -0.3 is 15.3 Å². The highest BCUT2D eigenvalue weighted by Gasteiger charge is 2.23. The number of Topliss-reactive ketones (excluding diaryl/α,β-unsaturated/α-hetero) is 1. The zero-order chi connectivity index (χ0) is 30.1. The molecule has 6 nitrogen and oxygen atoms in total. The summed E-state index contributed by atoms with van der Waals surface area (Å²) in [7, 11) is 0. The molecule has 1 amide bonds. The summed E-state index contributed by atoms with van der Waals surface area (Å²) in [6, 6.07) is 30.3. The average molecular weight is 581 g/mol. The van der Waals surface area contributed by atoms with Crippen molar-refractivity contribution in [3.63, 3.8) is 0 Å². The topological polar surface area (TPSA) is 86.7 Å². The van der Waals surface area contributed by atoms with Gasteiger partial charge in [-0.25, -0.2) is 4.79 Å². The number of benzene rings is 4. The Hall–Kier alpha value is -4.36. The van der Waals surface area contributed by atoms with Crippen LogP contribution in [0.15, 0.2) is 97.1 Å². The fourth-order valence-corrected chi connectivity index (χ4v) is 5.48. The van der Waals surface area contributed by atoms with E-state index < -0.39 is 17.9 Å². The highest BCUT2D eigenvalue weighted by molar-refractivity contribution is 7.98. The molecule has 0 heterocycles. The summed E-state index contributed by atoms with van der Waals surface area (Å²) in [4.78, 5) is 40.1. The lowest BCUT2D eigenvalue weighted by molar-refractivity contribution is -0.139. The van der Waals surface area contributed by atoms with Crippen LogP contribution in [0.5, 0.6) is 0 Å². The standard InChI is InChI=1S/C35H36N2O4S/c1-24-11-7-8-14-28(24)31-21-27(17-18-30(31)34(39)36-32(35(40)41)19-20-42-3)23-37(22-26-12-5-4-6-13-26)33-16-10-9-15-29(33)25(2)38/h4-18,21,32H,19-20,22-23H2,1-3H3,(H,36,39)(H,40,41)/t32-/m0/s1. The smallest absolute Gasteiger partial charge is 0.326 e. The maximum Gasteiger partial charge on any atom is 0.326 e. The molecule has 0 bridgehead atoms. The molecule has 0 aliphatic carbocycles. The fourth-order valence-electron chi connectivity index (χ4n) is 5.01. The van der Waals surface area contributed by atoms with Gasteiger partial charge in [0.2, 0.25) is 0 Å². The first-order valence-corrected chi connectivity index (χ1v) is 15.3. The number of aryl methyl sites for hydroxylation is 1. The van der Waals surface area contributed by atoms with Crippen LogP contribution >= 0.6 is 11.8 Å². The Bertz CT molecular complexity index is 1550. The van der Waals surface area contributed by atoms with Crippen molar-refractivity contribution in [1.82, 2.24) is 5.32 Å².